The molecule has 4 nitrogen and oxygen atoms in total. The molecule has 0 spiro atoms. The average Bonchev–Trinajstić information content (AvgIpc) is 2.74. The molecule has 3 rings (SSSR count). The lowest BCUT2D eigenvalue weighted by Gasteiger charge is -2.08. The summed E-state index contributed by atoms with van der Waals surface area (Å²) < 4.78 is 5.79. The summed E-state index contributed by atoms with van der Waals surface area (Å²) in [6.45, 7) is 0.428. The highest BCUT2D eigenvalue weighted by Crippen LogP contribution is 2.25. The Morgan fingerprint density at radius 1 is 1.00 bits per heavy atom. The summed E-state index contributed by atoms with van der Waals surface area (Å²) in [7, 11) is 0. The van der Waals surface area contributed by atoms with Crippen molar-refractivity contribution in [3.8, 4) is 11.8 Å². The molecular weight excluding hydrogens is 407 g/mol. The number of hydrogen-bond donors (Lipinski definition) is 1. The van der Waals surface area contributed by atoms with Crippen molar-refractivity contribution in [2.75, 3.05) is 5.32 Å². The van der Waals surface area contributed by atoms with E-state index in [1.54, 1.807) is 30.3 Å². The summed E-state index contributed by atoms with van der Waals surface area (Å²) in [4.78, 5) is 12.4. The molecule has 6 heteroatoms. The third-order valence-electron chi connectivity index (χ3n) is 3.96. The molecule has 0 aliphatic heterocycles. The van der Waals surface area contributed by atoms with Crippen LogP contribution in [-0.4, -0.2) is 5.91 Å². The summed E-state index contributed by atoms with van der Waals surface area (Å²) in [5.74, 6) is 0.103. The largest absolute Gasteiger partial charge is 0.489 e. The minimum absolute atomic E-state index is 0.0451. The van der Waals surface area contributed by atoms with E-state index in [0.717, 1.165) is 5.56 Å². The van der Waals surface area contributed by atoms with Crippen LogP contribution < -0.4 is 10.1 Å². The Morgan fingerprint density at radius 3 is 2.52 bits per heavy atom. The number of nitriles is 1. The van der Waals surface area contributed by atoms with Gasteiger partial charge >= 0.3 is 0 Å². The minimum Gasteiger partial charge on any atom is -0.489 e. The van der Waals surface area contributed by atoms with Gasteiger partial charge in [-0.2, -0.15) is 5.26 Å². The predicted molar refractivity (Wildman–Crippen MR) is 116 cm³/mol. The Hall–Kier alpha value is -3.26. The molecular formula is C23H16Cl2N2O2. The molecule has 0 saturated carbocycles. The SMILES string of the molecule is N#C/C(=C/c1cccc(OCc2ccccc2)c1)C(=O)Nc1ccc(Cl)c(Cl)c1. The number of rotatable bonds is 6. The monoisotopic (exact) mass is 422 g/mol. The van der Waals surface area contributed by atoms with Gasteiger partial charge in [-0.15, -0.1) is 0 Å². The first-order valence-electron chi connectivity index (χ1n) is 8.70. The molecule has 29 heavy (non-hydrogen) atoms. The molecule has 144 valence electrons. The highest BCUT2D eigenvalue weighted by molar-refractivity contribution is 6.42. The standard InChI is InChI=1S/C23H16Cl2N2O2/c24-21-10-9-19(13-22(21)25)27-23(28)18(14-26)11-17-7-4-8-20(12-17)29-15-16-5-2-1-3-6-16/h1-13H,15H2,(H,27,28)/b18-11-. The molecule has 0 atom stereocenters. The smallest absolute Gasteiger partial charge is 0.266 e. The van der Waals surface area contributed by atoms with Gasteiger partial charge in [-0.1, -0.05) is 65.7 Å². The zero-order chi connectivity index (χ0) is 20.6. The lowest BCUT2D eigenvalue weighted by Crippen LogP contribution is -2.13. The van der Waals surface area contributed by atoms with Gasteiger partial charge in [-0.05, 0) is 47.5 Å². The maximum Gasteiger partial charge on any atom is 0.266 e. The Labute approximate surface area is 179 Å². The van der Waals surface area contributed by atoms with Gasteiger partial charge in [-0.25, -0.2) is 0 Å². The first-order chi connectivity index (χ1) is 14.0. The van der Waals surface area contributed by atoms with Gasteiger partial charge < -0.3 is 10.1 Å². The summed E-state index contributed by atoms with van der Waals surface area (Å²) in [6, 6.07) is 23.6. The van der Waals surface area contributed by atoms with Crippen molar-refractivity contribution in [2.24, 2.45) is 0 Å². The molecule has 0 saturated heterocycles. The second-order valence-electron chi connectivity index (χ2n) is 6.10. The number of ether oxygens (including phenoxy) is 1. The molecule has 0 fully saturated rings. The average molecular weight is 423 g/mol. The molecule has 0 aliphatic carbocycles. The molecule has 0 aromatic heterocycles. The van der Waals surface area contributed by atoms with Gasteiger partial charge in [0.05, 0.1) is 10.0 Å². The van der Waals surface area contributed by atoms with E-state index in [1.165, 1.54) is 12.1 Å². The zero-order valence-corrected chi connectivity index (χ0v) is 16.7. The number of amides is 1. The highest BCUT2D eigenvalue weighted by atomic mass is 35.5. The molecule has 0 bridgehead atoms. The van der Waals surface area contributed by atoms with Crippen LogP contribution in [0.4, 0.5) is 5.69 Å². The predicted octanol–water partition coefficient (Wildman–Crippen LogP) is 6.12. The maximum absolute atomic E-state index is 12.4. The summed E-state index contributed by atoms with van der Waals surface area (Å²) >= 11 is 11.8. The number of carbonyl (C=O) groups is 1. The number of benzene rings is 3. The van der Waals surface area contributed by atoms with Gasteiger partial charge in [0.15, 0.2) is 0 Å². The van der Waals surface area contributed by atoms with Crippen molar-refractivity contribution in [3.05, 3.63) is 99.5 Å². The maximum atomic E-state index is 12.4. The van der Waals surface area contributed by atoms with Crippen LogP contribution in [0.5, 0.6) is 5.75 Å². The van der Waals surface area contributed by atoms with Gasteiger partial charge in [0.25, 0.3) is 5.91 Å². The third-order valence-corrected chi connectivity index (χ3v) is 4.70. The van der Waals surface area contributed by atoms with Crippen LogP contribution in [0, 0.1) is 11.3 Å². The van der Waals surface area contributed by atoms with Gasteiger partial charge in [0, 0.05) is 5.69 Å². The lowest BCUT2D eigenvalue weighted by atomic mass is 10.1. The van der Waals surface area contributed by atoms with Crippen molar-refractivity contribution in [1.29, 1.82) is 5.26 Å². The molecule has 0 unspecified atom stereocenters. The fourth-order valence-corrected chi connectivity index (χ4v) is 2.82. The Kier molecular flexibility index (Phi) is 6.91. The second kappa shape index (κ2) is 9.79. The number of nitrogens with zero attached hydrogens (tertiary/aromatic N) is 1. The van der Waals surface area contributed by atoms with E-state index in [1.807, 2.05) is 42.5 Å². The number of hydrogen-bond acceptors (Lipinski definition) is 3. The quantitative estimate of drug-likeness (QED) is 0.384. The fourth-order valence-electron chi connectivity index (χ4n) is 2.52. The second-order valence-corrected chi connectivity index (χ2v) is 6.91. The van der Waals surface area contributed by atoms with E-state index in [9.17, 15) is 10.1 Å². The van der Waals surface area contributed by atoms with E-state index in [0.29, 0.717) is 33.7 Å². The Bertz CT molecular complexity index is 1090. The number of nitrogens with one attached hydrogen (secondary N) is 1. The summed E-state index contributed by atoms with van der Waals surface area (Å²) in [5.41, 5.74) is 2.13. The number of halogens is 2. The van der Waals surface area contributed by atoms with E-state index >= 15 is 0 Å². The van der Waals surface area contributed by atoms with Gasteiger partial charge in [-0.3, -0.25) is 4.79 Å². The first-order valence-corrected chi connectivity index (χ1v) is 9.46. The van der Waals surface area contributed by atoms with E-state index in [-0.39, 0.29) is 5.57 Å². The van der Waals surface area contributed by atoms with Crippen LogP contribution >= 0.6 is 23.2 Å². The molecule has 1 amide bonds. The van der Waals surface area contributed by atoms with Gasteiger partial charge in [0.2, 0.25) is 0 Å². The molecule has 0 aliphatic rings. The highest BCUT2D eigenvalue weighted by Gasteiger charge is 2.11. The number of anilines is 1. The van der Waals surface area contributed by atoms with Crippen LogP contribution in [0.3, 0.4) is 0 Å². The molecule has 3 aromatic carbocycles. The van der Waals surface area contributed by atoms with Gasteiger partial charge in [0.1, 0.15) is 24.0 Å². The number of carbonyl (C=O) groups excluding carboxylic acids is 1. The van der Waals surface area contributed by atoms with Crippen LogP contribution in [0.2, 0.25) is 10.0 Å². The van der Waals surface area contributed by atoms with E-state index in [2.05, 4.69) is 5.32 Å². The Balaban J connectivity index is 1.72. The Morgan fingerprint density at radius 2 is 1.79 bits per heavy atom. The van der Waals surface area contributed by atoms with Crippen molar-refractivity contribution in [1.82, 2.24) is 0 Å². The minimum atomic E-state index is -0.540. The fraction of sp³-hybridized carbons (Fsp3) is 0.0435. The van der Waals surface area contributed by atoms with Crippen LogP contribution in [-0.2, 0) is 11.4 Å². The molecule has 1 N–H and O–H groups in total. The zero-order valence-electron chi connectivity index (χ0n) is 15.2. The lowest BCUT2D eigenvalue weighted by molar-refractivity contribution is -0.112. The summed E-state index contributed by atoms with van der Waals surface area (Å²) in [6.07, 6.45) is 1.50. The van der Waals surface area contributed by atoms with E-state index in [4.69, 9.17) is 27.9 Å². The van der Waals surface area contributed by atoms with Crippen LogP contribution in [0.25, 0.3) is 6.08 Å². The first kappa shape index (κ1) is 20.5. The van der Waals surface area contributed by atoms with Crippen molar-refractivity contribution in [3.63, 3.8) is 0 Å². The van der Waals surface area contributed by atoms with Crippen molar-refractivity contribution < 1.29 is 9.53 Å². The molecule has 0 radical (unpaired) electrons. The normalized spacial score (nSPS) is 10.9. The third kappa shape index (κ3) is 5.86. The van der Waals surface area contributed by atoms with Crippen LogP contribution in [0.15, 0.2) is 78.4 Å². The molecule has 3 aromatic rings. The summed E-state index contributed by atoms with van der Waals surface area (Å²) in [5, 5.41) is 12.7. The van der Waals surface area contributed by atoms with Crippen molar-refractivity contribution >= 4 is 40.9 Å². The van der Waals surface area contributed by atoms with Crippen molar-refractivity contribution in [2.45, 2.75) is 6.61 Å². The topological polar surface area (TPSA) is 62.1 Å². The van der Waals surface area contributed by atoms with E-state index < -0.39 is 5.91 Å². The van der Waals surface area contributed by atoms with Crippen LogP contribution in [0.1, 0.15) is 11.1 Å². The molecule has 0 heterocycles.